The standard InChI is InChI=1S/C39H45N3O7/c1-3-5-20-35(42-39(47)49-26-34-32-18-11-9-16-30(32)31-17-10-12-19-33(31)34)38(46)48-22-21-40-37(45)28(13-4-2)24-36(44)41-29(25-43)23-27-14-7-6-8-15-27/h3-4,6-12,14-19,28-29,34-35,43H,1-2,5,13,20-26H2,(H,40,45)(H,41,44)(H,42,47)/t28-,29-,35+/m1/s1. The van der Waals surface area contributed by atoms with E-state index in [1.165, 1.54) is 0 Å². The molecule has 4 rings (SSSR count). The zero-order valence-corrected chi connectivity index (χ0v) is 27.6. The van der Waals surface area contributed by atoms with Crippen LogP contribution >= 0.6 is 0 Å². The number of aliphatic hydroxyl groups excluding tert-OH is 1. The minimum atomic E-state index is -0.975. The summed E-state index contributed by atoms with van der Waals surface area (Å²) in [5.74, 6) is -2.25. The van der Waals surface area contributed by atoms with E-state index in [0.717, 1.165) is 27.8 Å². The molecule has 0 aliphatic heterocycles. The number of benzene rings is 3. The quantitative estimate of drug-likeness (QED) is 0.0816. The highest BCUT2D eigenvalue weighted by Gasteiger charge is 2.30. The number of hydrogen-bond donors (Lipinski definition) is 4. The molecule has 0 unspecified atom stereocenters. The van der Waals surface area contributed by atoms with Crippen molar-refractivity contribution in [1.29, 1.82) is 0 Å². The van der Waals surface area contributed by atoms with Crippen molar-refractivity contribution in [3.8, 4) is 11.1 Å². The molecule has 0 aromatic heterocycles. The molecule has 4 N–H and O–H groups in total. The van der Waals surface area contributed by atoms with Gasteiger partial charge in [0.15, 0.2) is 0 Å². The topological polar surface area (TPSA) is 143 Å². The Morgan fingerprint density at radius 2 is 1.49 bits per heavy atom. The fourth-order valence-electron chi connectivity index (χ4n) is 5.94. The Bertz CT molecular complexity index is 1550. The highest BCUT2D eigenvalue weighted by Crippen LogP contribution is 2.44. The van der Waals surface area contributed by atoms with E-state index in [4.69, 9.17) is 9.47 Å². The average Bonchev–Trinajstić information content (AvgIpc) is 3.44. The van der Waals surface area contributed by atoms with E-state index in [0.29, 0.717) is 12.8 Å². The van der Waals surface area contributed by atoms with Crippen LogP contribution in [-0.4, -0.2) is 67.4 Å². The van der Waals surface area contributed by atoms with Gasteiger partial charge < -0.3 is 30.5 Å². The van der Waals surface area contributed by atoms with Gasteiger partial charge in [0.25, 0.3) is 0 Å². The normalized spacial score (nSPS) is 13.5. The zero-order chi connectivity index (χ0) is 35.0. The SMILES string of the molecule is C=CCC[C@H](NC(=O)OCC1c2ccccc2-c2ccccc21)C(=O)OCCNC(=O)[C@H](CC=C)CC(=O)N[C@@H](CO)Cc1ccccc1. The largest absolute Gasteiger partial charge is 0.462 e. The van der Waals surface area contributed by atoms with E-state index in [1.807, 2.05) is 66.7 Å². The van der Waals surface area contributed by atoms with Gasteiger partial charge in [-0.2, -0.15) is 0 Å². The molecule has 258 valence electrons. The molecule has 0 spiro atoms. The number of rotatable bonds is 19. The molecule has 1 aliphatic carbocycles. The van der Waals surface area contributed by atoms with Crippen LogP contribution in [0.1, 0.15) is 48.3 Å². The van der Waals surface area contributed by atoms with Gasteiger partial charge in [-0.3, -0.25) is 9.59 Å². The molecule has 10 nitrogen and oxygen atoms in total. The number of allylic oxidation sites excluding steroid dienone is 2. The lowest BCUT2D eigenvalue weighted by atomic mass is 9.98. The minimum absolute atomic E-state index is 0.00618. The molecule has 3 aromatic carbocycles. The van der Waals surface area contributed by atoms with Crippen LogP contribution in [-0.2, 0) is 30.3 Å². The lowest BCUT2D eigenvalue weighted by Crippen LogP contribution is -2.43. The average molecular weight is 668 g/mol. The molecule has 49 heavy (non-hydrogen) atoms. The Morgan fingerprint density at radius 1 is 0.837 bits per heavy atom. The Kier molecular flexibility index (Phi) is 14.2. The minimum Gasteiger partial charge on any atom is -0.462 e. The summed E-state index contributed by atoms with van der Waals surface area (Å²) < 4.78 is 11.0. The van der Waals surface area contributed by atoms with E-state index >= 15 is 0 Å². The molecule has 3 amide bonds. The summed E-state index contributed by atoms with van der Waals surface area (Å²) >= 11 is 0. The predicted molar refractivity (Wildman–Crippen MR) is 187 cm³/mol. The summed E-state index contributed by atoms with van der Waals surface area (Å²) in [5, 5.41) is 17.9. The lowest BCUT2D eigenvalue weighted by Gasteiger charge is -2.20. The van der Waals surface area contributed by atoms with Crippen molar-refractivity contribution in [2.45, 2.75) is 50.1 Å². The molecule has 0 radical (unpaired) electrons. The van der Waals surface area contributed by atoms with Crippen LogP contribution in [0.15, 0.2) is 104 Å². The zero-order valence-electron chi connectivity index (χ0n) is 27.6. The summed E-state index contributed by atoms with van der Waals surface area (Å²) in [7, 11) is 0. The van der Waals surface area contributed by atoms with E-state index in [-0.39, 0.29) is 57.5 Å². The van der Waals surface area contributed by atoms with Crippen LogP contribution in [0.25, 0.3) is 11.1 Å². The third kappa shape index (κ3) is 10.6. The number of ether oxygens (including phenoxy) is 2. The first-order valence-corrected chi connectivity index (χ1v) is 16.6. The van der Waals surface area contributed by atoms with Crippen molar-refractivity contribution in [2.24, 2.45) is 5.92 Å². The smallest absolute Gasteiger partial charge is 0.407 e. The molecule has 3 aromatic rings. The first kappa shape index (κ1) is 36.6. The van der Waals surface area contributed by atoms with Crippen LogP contribution < -0.4 is 16.0 Å². The number of esters is 1. The van der Waals surface area contributed by atoms with Crippen molar-refractivity contribution in [3.05, 3.63) is 121 Å². The Morgan fingerprint density at radius 3 is 2.12 bits per heavy atom. The van der Waals surface area contributed by atoms with Crippen LogP contribution in [0.5, 0.6) is 0 Å². The fraction of sp³-hybridized carbons (Fsp3) is 0.333. The third-order valence-corrected chi connectivity index (χ3v) is 8.39. The van der Waals surface area contributed by atoms with Gasteiger partial charge >= 0.3 is 12.1 Å². The van der Waals surface area contributed by atoms with Gasteiger partial charge in [0, 0.05) is 12.3 Å². The van der Waals surface area contributed by atoms with Crippen molar-refractivity contribution in [3.63, 3.8) is 0 Å². The molecule has 10 heteroatoms. The third-order valence-electron chi connectivity index (χ3n) is 8.39. The van der Waals surface area contributed by atoms with Crippen molar-refractivity contribution >= 4 is 23.9 Å². The van der Waals surface area contributed by atoms with Crippen molar-refractivity contribution in [2.75, 3.05) is 26.4 Å². The van der Waals surface area contributed by atoms with Gasteiger partial charge in [-0.05, 0) is 53.5 Å². The number of carbonyl (C=O) groups is 4. The van der Waals surface area contributed by atoms with E-state index in [1.54, 1.807) is 12.2 Å². The first-order valence-electron chi connectivity index (χ1n) is 16.6. The van der Waals surface area contributed by atoms with Crippen LogP contribution in [0.2, 0.25) is 0 Å². The number of carbonyl (C=O) groups excluding carboxylic acids is 4. The highest BCUT2D eigenvalue weighted by molar-refractivity contribution is 5.86. The number of amides is 3. The second-order valence-electron chi connectivity index (χ2n) is 11.9. The summed E-state index contributed by atoms with van der Waals surface area (Å²) in [5.41, 5.74) is 5.35. The molecule has 0 fully saturated rings. The van der Waals surface area contributed by atoms with E-state index in [9.17, 15) is 24.3 Å². The summed E-state index contributed by atoms with van der Waals surface area (Å²) in [6.45, 7) is 7.12. The summed E-state index contributed by atoms with van der Waals surface area (Å²) in [6.07, 6.45) is 3.79. The molecule has 0 saturated carbocycles. The van der Waals surface area contributed by atoms with Gasteiger partial charge in [0.2, 0.25) is 11.8 Å². The maximum atomic E-state index is 12.9. The molecule has 0 saturated heterocycles. The van der Waals surface area contributed by atoms with Crippen LogP contribution in [0.4, 0.5) is 4.79 Å². The molecule has 0 heterocycles. The molecule has 3 atom stereocenters. The van der Waals surface area contributed by atoms with Crippen molar-refractivity contribution < 1.29 is 33.8 Å². The maximum Gasteiger partial charge on any atom is 0.407 e. The van der Waals surface area contributed by atoms with Gasteiger partial charge in [-0.15, -0.1) is 13.2 Å². The maximum absolute atomic E-state index is 12.9. The predicted octanol–water partition coefficient (Wildman–Crippen LogP) is 4.82. The Labute approximate surface area is 287 Å². The molecule has 1 aliphatic rings. The van der Waals surface area contributed by atoms with Gasteiger partial charge in [-0.25, -0.2) is 9.59 Å². The second kappa shape index (κ2) is 18.9. The lowest BCUT2D eigenvalue weighted by molar-refractivity contribution is -0.146. The number of alkyl carbamates (subject to hydrolysis) is 1. The number of fused-ring (bicyclic) bond motifs is 3. The fourth-order valence-corrected chi connectivity index (χ4v) is 5.94. The van der Waals surface area contributed by atoms with Gasteiger partial charge in [-0.1, -0.05) is 91.0 Å². The summed E-state index contributed by atoms with van der Waals surface area (Å²) in [4.78, 5) is 51.4. The van der Waals surface area contributed by atoms with Gasteiger partial charge in [0.1, 0.15) is 19.3 Å². The number of aliphatic hydroxyl groups is 1. The van der Waals surface area contributed by atoms with E-state index < -0.39 is 36.0 Å². The van der Waals surface area contributed by atoms with E-state index in [2.05, 4.69) is 41.2 Å². The number of hydrogen-bond acceptors (Lipinski definition) is 7. The van der Waals surface area contributed by atoms with Gasteiger partial charge in [0.05, 0.1) is 25.1 Å². The highest BCUT2D eigenvalue weighted by atomic mass is 16.6. The number of nitrogens with one attached hydrogen (secondary N) is 3. The Hall–Kier alpha value is -5.22. The Balaban J connectivity index is 1.22. The molecule has 0 bridgehead atoms. The molecular weight excluding hydrogens is 622 g/mol. The monoisotopic (exact) mass is 667 g/mol. The van der Waals surface area contributed by atoms with Crippen LogP contribution in [0.3, 0.4) is 0 Å². The van der Waals surface area contributed by atoms with Crippen LogP contribution in [0, 0.1) is 5.92 Å². The first-order chi connectivity index (χ1) is 23.8. The second-order valence-corrected chi connectivity index (χ2v) is 11.9. The van der Waals surface area contributed by atoms with Crippen molar-refractivity contribution in [1.82, 2.24) is 16.0 Å². The summed E-state index contributed by atoms with van der Waals surface area (Å²) in [6, 6.07) is 24.1. The molecular formula is C39H45N3O7.